The van der Waals surface area contributed by atoms with E-state index in [-0.39, 0.29) is 23.5 Å². The maximum Gasteiger partial charge on any atom is 0.264 e. The van der Waals surface area contributed by atoms with E-state index in [1.165, 1.54) is 0 Å². The molecule has 5 nitrogen and oxygen atoms in total. The number of amides is 1. The second kappa shape index (κ2) is 6.32. The molecule has 7 heteroatoms. The van der Waals surface area contributed by atoms with E-state index in [4.69, 9.17) is 16.3 Å². The molecular formula is C16H20ClNO4S. The number of nitrogens with zero attached hydrogens (tertiary/aromatic N) is 1. The topological polar surface area (TPSA) is 63.7 Å². The summed E-state index contributed by atoms with van der Waals surface area (Å²) < 4.78 is 29.2. The van der Waals surface area contributed by atoms with Gasteiger partial charge in [-0.15, -0.1) is 0 Å². The van der Waals surface area contributed by atoms with E-state index in [1.54, 1.807) is 17.0 Å². The Morgan fingerprint density at radius 2 is 2.22 bits per heavy atom. The van der Waals surface area contributed by atoms with Crippen LogP contribution in [0.2, 0.25) is 5.02 Å². The van der Waals surface area contributed by atoms with Gasteiger partial charge in [0, 0.05) is 24.0 Å². The number of carbonyl (C=O) groups is 1. The lowest BCUT2D eigenvalue weighted by atomic mass is 10.1. The molecule has 0 aliphatic carbocycles. The van der Waals surface area contributed by atoms with E-state index < -0.39 is 15.9 Å². The molecule has 0 radical (unpaired) electrons. The van der Waals surface area contributed by atoms with E-state index in [2.05, 4.69) is 0 Å². The maximum absolute atomic E-state index is 12.9. The largest absolute Gasteiger partial charge is 0.480 e. The molecule has 23 heavy (non-hydrogen) atoms. The van der Waals surface area contributed by atoms with Gasteiger partial charge in [-0.25, -0.2) is 8.42 Å². The van der Waals surface area contributed by atoms with Crippen molar-refractivity contribution in [1.29, 1.82) is 0 Å². The van der Waals surface area contributed by atoms with Gasteiger partial charge in [0.1, 0.15) is 5.75 Å². The summed E-state index contributed by atoms with van der Waals surface area (Å²) in [5.74, 6) is 0.779. The van der Waals surface area contributed by atoms with Gasteiger partial charge in [0.25, 0.3) is 5.91 Å². The first-order chi connectivity index (χ1) is 10.9. The summed E-state index contributed by atoms with van der Waals surface area (Å²) in [6.45, 7) is 2.53. The maximum atomic E-state index is 12.9. The predicted molar refractivity (Wildman–Crippen MR) is 88.6 cm³/mol. The molecule has 2 aliphatic rings. The van der Waals surface area contributed by atoms with Crippen molar-refractivity contribution in [1.82, 2.24) is 4.90 Å². The molecule has 3 rings (SSSR count). The highest BCUT2D eigenvalue weighted by molar-refractivity contribution is 7.91. The van der Waals surface area contributed by atoms with Crippen LogP contribution in [0.1, 0.15) is 25.3 Å². The number of hydrogen-bond donors (Lipinski definition) is 0. The predicted octanol–water partition coefficient (Wildman–Crippen LogP) is 2.07. The van der Waals surface area contributed by atoms with Crippen LogP contribution < -0.4 is 4.74 Å². The lowest BCUT2D eigenvalue weighted by Crippen LogP contribution is -2.48. The molecule has 2 heterocycles. The highest BCUT2D eigenvalue weighted by Crippen LogP contribution is 2.32. The Kier molecular flexibility index (Phi) is 4.56. The van der Waals surface area contributed by atoms with Crippen molar-refractivity contribution in [3.05, 3.63) is 28.8 Å². The molecule has 0 saturated carbocycles. The van der Waals surface area contributed by atoms with Crippen LogP contribution >= 0.6 is 11.6 Å². The van der Waals surface area contributed by atoms with Gasteiger partial charge >= 0.3 is 0 Å². The SMILES string of the molecule is CCCN(C(=O)[C@@H]1Cc2cc(Cl)ccc2O1)[C@@H]1CCS(=O)(=O)C1. The van der Waals surface area contributed by atoms with Crippen molar-refractivity contribution in [2.45, 2.75) is 38.3 Å². The summed E-state index contributed by atoms with van der Waals surface area (Å²) in [7, 11) is -3.03. The summed E-state index contributed by atoms with van der Waals surface area (Å²) in [4.78, 5) is 14.6. The number of halogens is 1. The normalized spacial score (nSPS) is 25.0. The van der Waals surface area contributed by atoms with Crippen molar-refractivity contribution in [3.8, 4) is 5.75 Å². The zero-order chi connectivity index (χ0) is 16.6. The first-order valence-electron chi connectivity index (χ1n) is 7.85. The number of benzene rings is 1. The zero-order valence-corrected chi connectivity index (χ0v) is 14.6. The Hall–Kier alpha value is -1.27. The third-order valence-electron chi connectivity index (χ3n) is 4.37. The molecule has 2 atom stereocenters. The Balaban J connectivity index is 1.75. The van der Waals surface area contributed by atoms with E-state index in [0.29, 0.717) is 30.2 Å². The van der Waals surface area contributed by atoms with Gasteiger partial charge in [0.05, 0.1) is 11.5 Å². The molecule has 1 aromatic carbocycles. The van der Waals surface area contributed by atoms with Crippen LogP contribution in [0.3, 0.4) is 0 Å². The quantitative estimate of drug-likeness (QED) is 0.827. The number of ether oxygens (including phenoxy) is 1. The average molecular weight is 358 g/mol. The molecule has 1 fully saturated rings. The molecule has 0 spiro atoms. The smallest absolute Gasteiger partial charge is 0.264 e. The van der Waals surface area contributed by atoms with Crippen LogP contribution in [0.15, 0.2) is 18.2 Å². The highest BCUT2D eigenvalue weighted by Gasteiger charge is 2.39. The molecule has 0 aromatic heterocycles. The summed E-state index contributed by atoms with van der Waals surface area (Å²) in [6, 6.07) is 5.09. The third-order valence-corrected chi connectivity index (χ3v) is 6.35. The first kappa shape index (κ1) is 16.6. The molecule has 1 amide bonds. The van der Waals surface area contributed by atoms with Crippen molar-refractivity contribution in [2.24, 2.45) is 0 Å². The molecule has 0 N–H and O–H groups in total. The van der Waals surface area contributed by atoms with Crippen molar-refractivity contribution in [2.75, 3.05) is 18.1 Å². The van der Waals surface area contributed by atoms with Crippen LogP contribution in [-0.4, -0.2) is 49.4 Å². The molecule has 1 saturated heterocycles. The van der Waals surface area contributed by atoms with E-state index in [9.17, 15) is 13.2 Å². The molecule has 1 aromatic rings. The molecule has 0 unspecified atom stereocenters. The van der Waals surface area contributed by atoms with Crippen LogP contribution in [0.4, 0.5) is 0 Å². The van der Waals surface area contributed by atoms with Crippen LogP contribution in [0, 0.1) is 0 Å². The van der Waals surface area contributed by atoms with Gasteiger partial charge in [0.2, 0.25) is 0 Å². The van der Waals surface area contributed by atoms with E-state index >= 15 is 0 Å². The number of rotatable bonds is 4. The minimum atomic E-state index is -3.03. The Morgan fingerprint density at radius 3 is 2.87 bits per heavy atom. The second-order valence-electron chi connectivity index (χ2n) is 6.15. The molecule has 126 valence electrons. The minimum Gasteiger partial charge on any atom is -0.480 e. The van der Waals surface area contributed by atoms with Crippen LogP contribution in [0.25, 0.3) is 0 Å². The van der Waals surface area contributed by atoms with Crippen molar-refractivity contribution in [3.63, 3.8) is 0 Å². The molecule has 2 aliphatic heterocycles. The van der Waals surface area contributed by atoms with Gasteiger partial charge < -0.3 is 9.64 Å². The number of sulfone groups is 1. The number of hydrogen-bond acceptors (Lipinski definition) is 4. The fraction of sp³-hybridized carbons (Fsp3) is 0.562. The standard InChI is InChI=1S/C16H20ClNO4S/c1-2-6-18(13-5-7-23(20,21)10-13)16(19)15-9-11-8-12(17)3-4-14(11)22-15/h3-4,8,13,15H,2,5-7,9-10H2,1H3/t13-,15+/m1/s1. The minimum absolute atomic E-state index is 0.0598. The lowest BCUT2D eigenvalue weighted by Gasteiger charge is -2.30. The fourth-order valence-electron chi connectivity index (χ4n) is 3.27. The summed E-state index contributed by atoms with van der Waals surface area (Å²) in [6.07, 6.45) is 1.19. The summed E-state index contributed by atoms with van der Waals surface area (Å²) in [5.41, 5.74) is 0.923. The summed E-state index contributed by atoms with van der Waals surface area (Å²) >= 11 is 5.98. The van der Waals surface area contributed by atoms with Crippen LogP contribution in [0.5, 0.6) is 5.75 Å². The Labute approximate surface area is 141 Å². The van der Waals surface area contributed by atoms with Gasteiger partial charge in [-0.2, -0.15) is 0 Å². The monoisotopic (exact) mass is 357 g/mol. The van der Waals surface area contributed by atoms with Gasteiger partial charge in [0.15, 0.2) is 15.9 Å². The Bertz CT molecular complexity index is 719. The van der Waals surface area contributed by atoms with Crippen LogP contribution in [-0.2, 0) is 21.1 Å². The van der Waals surface area contributed by atoms with Gasteiger partial charge in [-0.1, -0.05) is 18.5 Å². The number of carbonyl (C=O) groups excluding carboxylic acids is 1. The lowest BCUT2D eigenvalue weighted by molar-refractivity contribution is -0.139. The van der Waals surface area contributed by atoms with E-state index in [0.717, 1.165) is 12.0 Å². The zero-order valence-electron chi connectivity index (χ0n) is 13.0. The Morgan fingerprint density at radius 1 is 1.43 bits per heavy atom. The fourth-order valence-corrected chi connectivity index (χ4v) is 5.20. The van der Waals surface area contributed by atoms with Crippen molar-refractivity contribution < 1.29 is 17.9 Å². The average Bonchev–Trinajstić information content (AvgIpc) is 3.06. The summed E-state index contributed by atoms with van der Waals surface area (Å²) in [5, 5.41) is 0.618. The molecular weight excluding hydrogens is 338 g/mol. The number of fused-ring (bicyclic) bond motifs is 1. The van der Waals surface area contributed by atoms with Crippen molar-refractivity contribution >= 4 is 27.3 Å². The molecule has 0 bridgehead atoms. The highest BCUT2D eigenvalue weighted by atomic mass is 35.5. The first-order valence-corrected chi connectivity index (χ1v) is 10.1. The second-order valence-corrected chi connectivity index (χ2v) is 8.82. The third kappa shape index (κ3) is 3.48. The van der Waals surface area contributed by atoms with Gasteiger partial charge in [-0.05, 0) is 36.6 Å². The van der Waals surface area contributed by atoms with E-state index in [1.807, 2.05) is 13.0 Å². The van der Waals surface area contributed by atoms with Gasteiger partial charge in [-0.3, -0.25) is 4.79 Å².